The maximum absolute atomic E-state index is 12.2. The molecule has 12 aliphatic rings. The molecule has 0 aromatic carbocycles. The maximum Gasteiger partial charge on any atom is 0.133 e. The molecule has 4 heterocycles. The van der Waals surface area contributed by atoms with E-state index in [1.165, 1.54) is 83.6 Å². The van der Waals surface area contributed by atoms with E-state index in [2.05, 4.69) is 72.7 Å². The van der Waals surface area contributed by atoms with Gasteiger partial charge in [-0.15, -0.1) is 0 Å². The van der Waals surface area contributed by atoms with Crippen LogP contribution in [-0.2, 0) is 19.1 Å². The number of ether oxygens (including phenoxy) is 2. The molecule has 0 aromatic heterocycles. The van der Waals surface area contributed by atoms with Gasteiger partial charge in [-0.25, -0.2) is 0 Å². The van der Waals surface area contributed by atoms with Crippen molar-refractivity contribution >= 4 is 11.6 Å². The second-order valence-corrected chi connectivity index (χ2v) is 26.3. The topological polar surface area (TPSA) is 67.9 Å². The van der Waals surface area contributed by atoms with Crippen molar-refractivity contribution in [1.29, 1.82) is 0 Å². The van der Waals surface area contributed by atoms with Crippen LogP contribution in [0.15, 0.2) is 22.3 Å². The van der Waals surface area contributed by atoms with Crippen LogP contribution in [0.2, 0.25) is 0 Å². The average molecular weight is 865 g/mol. The number of hydrogen-bond donors (Lipinski definition) is 1. The van der Waals surface area contributed by atoms with Gasteiger partial charge in [0.05, 0.1) is 23.4 Å². The average Bonchev–Trinajstić information content (AvgIpc) is 3.91. The molecule has 2 spiro atoms. The summed E-state index contributed by atoms with van der Waals surface area (Å²) in [6.45, 7) is 22.1. The van der Waals surface area contributed by atoms with E-state index < -0.39 is 0 Å². The molecule has 63 heavy (non-hydrogen) atoms. The quantitative estimate of drug-likeness (QED) is 0.245. The molecule has 4 saturated heterocycles. The normalized spacial score (nSPS) is 53.9. The number of carbonyl (C=O) groups excluding carboxylic acids is 2. The number of allylic oxidation sites excluding steroid dienone is 2. The molecule has 0 aromatic rings. The largest absolute Gasteiger partial charge is 0.369 e. The molecule has 20 atom stereocenters. The Morgan fingerprint density at radius 3 is 1.68 bits per heavy atom. The lowest BCUT2D eigenvalue weighted by Crippen LogP contribution is -2.49. The van der Waals surface area contributed by atoms with Crippen LogP contribution in [0.25, 0.3) is 0 Å². The molecule has 6 heteroatoms. The molecule has 12 rings (SSSR count). The van der Waals surface area contributed by atoms with E-state index in [4.69, 9.17) is 9.47 Å². The Kier molecular flexibility index (Phi) is 11.1. The number of nitrogens with one attached hydrogen (secondary N) is 1. The zero-order chi connectivity index (χ0) is 44.0. The van der Waals surface area contributed by atoms with E-state index >= 15 is 0 Å². The van der Waals surface area contributed by atoms with Crippen LogP contribution in [0.4, 0.5) is 0 Å². The van der Waals surface area contributed by atoms with Crippen molar-refractivity contribution in [2.24, 2.45) is 81.8 Å². The second kappa shape index (κ2) is 15.9. The summed E-state index contributed by atoms with van der Waals surface area (Å²) in [4.78, 5) is 27.0. The minimum Gasteiger partial charge on any atom is -0.369 e. The van der Waals surface area contributed by atoms with Crippen LogP contribution >= 0.6 is 0 Å². The van der Waals surface area contributed by atoms with Gasteiger partial charge < -0.3 is 19.7 Å². The predicted molar refractivity (Wildman–Crippen MR) is 252 cm³/mol. The van der Waals surface area contributed by atoms with Crippen molar-refractivity contribution < 1.29 is 19.1 Å². The Labute approximate surface area is 383 Å². The zero-order valence-electron chi connectivity index (χ0n) is 41.4. The molecule has 0 unspecified atom stereocenters. The van der Waals surface area contributed by atoms with E-state index in [0.717, 1.165) is 105 Å². The number of likely N-dealkylation sites (N-methyl/N-ethyl adjacent to an activating group) is 1. The molecule has 0 radical (unpaired) electrons. The summed E-state index contributed by atoms with van der Waals surface area (Å²) in [5.41, 5.74) is 7.90. The van der Waals surface area contributed by atoms with Crippen LogP contribution in [-0.4, -0.2) is 72.1 Å². The number of ketones is 2. The molecule has 6 saturated carbocycles. The van der Waals surface area contributed by atoms with Crippen molar-refractivity contribution in [1.82, 2.24) is 10.2 Å². The van der Waals surface area contributed by atoms with Crippen LogP contribution in [0.3, 0.4) is 0 Å². The van der Waals surface area contributed by atoms with Crippen LogP contribution in [0.1, 0.15) is 184 Å². The fraction of sp³-hybridized carbons (Fsp3) is 0.895. The molecule has 0 amide bonds. The minimum absolute atomic E-state index is 0.0572. The van der Waals surface area contributed by atoms with Crippen molar-refractivity contribution in [3.63, 3.8) is 0 Å². The van der Waals surface area contributed by atoms with Gasteiger partial charge in [-0.1, -0.05) is 63.8 Å². The maximum atomic E-state index is 12.2. The molecule has 0 bridgehead atoms. The summed E-state index contributed by atoms with van der Waals surface area (Å²) in [5.74, 6) is 9.96. The lowest BCUT2D eigenvalue weighted by atomic mass is 9.52. The Morgan fingerprint density at radius 2 is 1.13 bits per heavy atom. The van der Waals surface area contributed by atoms with Gasteiger partial charge in [0.1, 0.15) is 11.6 Å². The van der Waals surface area contributed by atoms with Crippen LogP contribution in [0, 0.1) is 81.8 Å². The fourth-order valence-corrected chi connectivity index (χ4v) is 19.8. The monoisotopic (exact) mass is 865 g/mol. The third-order valence-corrected chi connectivity index (χ3v) is 23.3. The SMILES string of the molecule is CC1=C2C[C@H]3[C@@H](CC[C@@H]4CC(=O)CC[C@@]43C)[C@@H]2CC[C@@]2(C1)O[C@@H]1C[C@H](C)CN(C)[C@H]1[C@H]2C.CC1=C2C[C@H]3[C@@H](CC[C@@H]4CC(=O)CC[C@@]43C)[C@@H]2CC[C@@]2(C1)O[C@@H]1C[C@H](C)CN[C@H]1[C@H]2C. The van der Waals surface area contributed by atoms with E-state index in [9.17, 15) is 9.59 Å². The third kappa shape index (κ3) is 6.92. The van der Waals surface area contributed by atoms with Crippen LogP contribution < -0.4 is 5.32 Å². The third-order valence-electron chi connectivity index (χ3n) is 23.3. The summed E-state index contributed by atoms with van der Waals surface area (Å²) < 4.78 is 14.1. The first kappa shape index (κ1) is 44.2. The molecular formula is C57H88N2O4. The lowest BCUT2D eigenvalue weighted by Gasteiger charge is -2.52. The Morgan fingerprint density at radius 1 is 0.619 bits per heavy atom. The molecule has 1 N–H and O–H groups in total. The highest BCUT2D eigenvalue weighted by Gasteiger charge is 2.62. The smallest absolute Gasteiger partial charge is 0.133 e. The summed E-state index contributed by atoms with van der Waals surface area (Å²) in [6, 6.07) is 1.15. The number of fused-ring (bicyclic) bond motifs is 12. The zero-order valence-corrected chi connectivity index (χ0v) is 41.4. The van der Waals surface area contributed by atoms with E-state index in [-0.39, 0.29) is 11.2 Å². The molecule has 10 fully saturated rings. The summed E-state index contributed by atoms with van der Waals surface area (Å²) >= 11 is 0. The highest BCUT2D eigenvalue weighted by molar-refractivity contribution is 5.80. The number of nitrogens with zero attached hydrogens (tertiary/aromatic N) is 1. The Hall–Kier alpha value is -1.34. The van der Waals surface area contributed by atoms with Crippen molar-refractivity contribution in [2.45, 2.75) is 219 Å². The van der Waals surface area contributed by atoms with Gasteiger partial charge in [0.25, 0.3) is 0 Å². The molecule has 4 aliphatic heterocycles. The first-order valence-electron chi connectivity index (χ1n) is 27.2. The number of rotatable bonds is 0. The highest BCUT2D eigenvalue weighted by atomic mass is 16.5. The fourth-order valence-electron chi connectivity index (χ4n) is 19.8. The number of hydrogen-bond acceptors (Lipinski definition) is 6. The Balaban J connectivity index is 0.000000141. The number of piperidine rings is 2. The standard InChI is InChI=1S/C29H45NO2.C28H43NO2/c1-17-12-26-27(30(5)16-17)19(3)29(32-26)11-9-22-23-7-6-20-13-21(31)8-10-28(20,4)25(23)14-24(22)18(2)15-29;1-16-11-25-26(29-15-16)18(3)28(31-25)10-8-21-22-6-5-19-12-20(30)7-9-27(19,4)24(22)13-23(21)17(2)14-28/h17,19-20,22-23,25-27H,6-16H2,1-5H3;16,18-19,21-22,24-26,29H,5-15H2,1-4H3/t17-,19+,20+,22-,23-,25-,26+,27-,28-,29-;16-,18+,19+,21-,22-,24-,25+,26-,27-,28-/m00/s1. The van der Waals surface area contributed by atoms with Gasteiger partial charge in [-0.3, -0.25) is 9.59 Å². The van der Waals surface area contributed by atoms with Gasteiger partial charge in [0, 0.05) is 56.1 Å². The number of carbonyl (C=O) groups is 2. The molecule has 6 nitrogen and oxygen atoms in total. The summed E-state index contributed by atoms with van der Waals surface area (Å²) in [7, 11) is 2.33. The number of Topliss-reactive ketones (excluding diaryl/α,β-unsaturated/α-hetero) is 2. The van der Waals surface area contributed by atoms with Gasteiger partial charge in [0.2, 0.25) is 0 Å². The van der Waals surface area contributed by atoms with E-state index in [1.54, 1.807) is 11.1 Å². The predicted octanol–water partition coefficient (Wildman–Crippen LogP) is 11.7. The minimum atomic E-state index is 0.0572. The molecule has 8 aliphatic carbocycles. The van der Waals surface area contributed by atoms with Crippen LogP contribution in [0.5, 0.6) is 0 Å². The van der Waals surface area contributed by atoms with E-state index in [0.29, 0.717) is 70.4 Å². The number of likely N-dealkylation sites (tertiary alicyclic amines) is 1. The van der Waals surface area contributed by atoms with Gasteiger partial charge in [0.15, 0.2) is 0 Å². The lowest BCUT2D eigenvalue weighted by molar-refractivity contribution is -0.130. The van der Waals surface area contributed by atoms with Gasteiger partial charge in [-0.2, -0.15) is 0 Å². The first-order chi connectivity index (χ1) is 30.0. The van der Waals surface area contributed by atoms with Gasteiger partial charge >= 0.3 is 0 Å². The summed E-state index contributed by atoms with van der Waals surface area (Å²) in [6.07, 6.45) is 24.4. The summed E-state index contributed by atoms with van der Waals surface area (Å²) in [5, 5.41) is 3.85. The second-order valence-electron chi connectivity index (χ2n) is 26.3. The molecule has 350 valence electrons. The Bertz CT molecular complexity index is 1900. The van der Waals surface area contributed by atoms with E-state index in [1.807, 2.05) is 11.1 Å². The van der Waals surface area contributed by atoms with Crippen molar-refractivity contribution in [2.75, 3.05) is 20.1 Å². The van der Waals surface area contributed by atoms with Gasteiger partial charge in [-0.05, 0) is 200 Å². The molecular weight excluding hydrogens is 777 g/mol. The first-order valence-corrected chi connectivity index (χ1v) is 27.2. The van der Waals surface area contributed by atoms with Crippen molar-refractivity contribution in [3.8, 4) is 0 Å². The van der Waals surface area contributed by atoms with Crippen molar-refractivity contribution in [3.05, 3.63) is 22.3 Å². The highest BCUT2D eigenvalue weighted by Crippen LogP contribution is 2.67.